The summed E-state index contributed by atoms with van der Waals surface area (Å²) in [6.45, 7) is 8.60. The lowest BCUT2D eigenvalue weighted by molar-refractivity contribution is 0.0643. The molecule has 1 aromatic rings. The van der Waals surface area contributed by atoms with Gasteiger partial charge < -0.3 is 14.7 Å². The maximum atomic E-state index is 12.9. The molecule has 2 fully saturated rings. The van der Waals surface area contributed by atoms with Gasteiger partial charge in [0.25, 0.3) is 5.91 Å². The van der Waals surface area contributed by atoms with Crippen LogP contribution in [-0.2, 0) is 10.0 Å². The van der Waals surface area contributed by atoms with Crippen molar-refractivity contribution >= 4 is 15.9 Å². The fraction of sp³-hybridized carbons (Fsp3) is 0.611. The lowest BCUT2D eigenvalue weighted by Crippen LogP contribution is -2.48. The zero-order chi connectivity index (χ0) is 18.7. The van der Waals surface area contributed by atoms with E-state index in [0.717, 1.165) is 32.7 Å². The highest BCUT2D eigenvalue weighted by atomic mass is 32.2. The van der Waals surface area contributed by atoms with Crippen LogP contribution in [0.5, 0.6) is 0 Å². The van der Waals surface area contributed by atoms with Gasteiger partial charge >= 0.3 is 0 Å². The number of likely N-dealkylation sites (N-methyl/N-ethyl adjacent to an activating group) is 2. The summed E-state index contributed by atoms with van der Waals surface area (Å²) in [5.74, 6) is -0.0869. The van der Waals surface area contributed by atoms with Crippen LogP contribution in [0.4, 0.5) is 0 Å². The van der Waals surface area contributed by atoms with Crippen LogP contribution in [-0.4, -0.2) is 99.3 Å². The Morgan fingerprint density at radius 3 is 2.27 bits per heavy atom. The normalized spacial score (nSPS) is 21.1. The summed E-state index contributed by atoms with van der Waals surface area (Å²) in [6, 6.07) is 6.48. The van der Waals surface area contributed by atoms with E-state index in [-0.39, 0.29) is 10.8 Å². The van der Waals surface area contributed by atoms with Crippen molar-refractivity contribution in [3.8, 4) is 0 Å². The monoisotopic (exact) mass is 380 g/mol. The van der Waals surface area contributed by atoms with E-state index in [4.69, 9.17) is 0 Å². The van der Waals surface area contributed by atoms with E-state index in [9.17, 15) is 13.2 Å². The Balaban J connectivity index is 1.74. The Morgan fingerprint density at radius 1 is 1.00 bits per heavy atom. The largest absolute Gasteiger partial charge is 0.336 e. The number of carbonyl (C=O) groups is 1. The van der Waals surface area contributed by atoms with Gasteiger partial charge in [-0.05, 0) is 31.8 Å². The van der Waals surface area contributed by atoms with E-state index in [2.05, 4.69) is 16.7 Å². The van der Waals surface area contributed by atoms with Crippen molar-refractivity contribution in [3.05, 3.63) is 29.8 Å². The first-order valence-electron chi connectivity index (χ1n) is 9.22. The third-order valence-corrected chi connectivity index (χ3v) is 7.18. The van der Waals surface area contributed by atoms with Crippen LogP contribution < -0.4 is 0 Å². The number of rotatable bonds is 4. The summed E-state index contributed by atoms with van der Waals surface area (Å²) >= 11 is 0. The van der Waals surface area contributed by atoms with Gasteiger partial charge in [0, 0.05) is 57.9 Å². The van der Waals surface area contributed by atoms with Crippen molar-refractivity contribution in [1.29, 1.82) is 0 Å². The van der Waals surface area contributed by atoms with Gasteiger partial charge in [-0.3, -0.25) is 4.79 Å². The topological polar surface area (TPSA) is 64.2 Å². The van der Waals surface area contributed by atoms with Crippen molar-refractivity contribution in [2.75, 3.05) is 66.0 Å². The molecule has 0 bridgehead atoms. The molecular formula is C18H28N4O3S. The van der Waals surface area contributed by atoms with Gasteiger partial charge in [0.05, 0.1) is 4.90 Å². The van der Waals surface area contributed by atoms with Gasteiger partial charge in [-0.1, -0.05) is 13.0 Å². The minimum absolute atomic E-state index is 0.0869. The zero-order valence-corrected chi connectivity index (χ0v) is 16.4. The molecule has 2 aliphatic heterocycles. The number of benzene rings is 1. The molecule has 2 aliphatic rings. The third-order valence-electron chi connectivity index (χ3n) is 5.29. The van der Waals surface area contributed by atoms with E-state index in [0.29, 0.717) is 31.7 Å². The lowest BCUT2D eigenvalue weighted by atomic mass is 10.2. The van der Waals surface area contributed by atoms with Crippen molar-refractivity contribution in [3.63, 3.8) is 0 Å². The molecule has 0 saturated carbocycles. The standard InChI is InChI=1S/C18H28N4O3S/c1-3-20-9-11-21(12-10-20)18(23)16-5-4-6-17(15-16)26(24,25)22-13-7-19(2)8-14-22/h4-6,15H,3,7-14H2,1-2H3. The Bertz CT molecular complexity index is 737. The molecule has 0 aromatic heterocycles. The third kappa shape index (κ3) is 4.09. The number of hydrogen-bond acceptors (Lipinski definition) is 5. The minimum atomic E-state index is -3.56. The fourth-order valence-electron chi connectivity index (χ4n) is 3.42. The van der Waals surface area contributed by atoms with Crippen LogP contribution in [0, 0.1) is 0 Å². The average molecular weight is 381 g/mol. The molecule has 2 saturated heterocycles. The van der Waals surface area contributed by atoms with Crippen LogP contribution in [0.1, 0.15) is 17.3 Å². The molecule has 8 heteroatoms. The van der Waals surface area contributed by atoms with Crippen molar-refractivity contribution in [1.82, 2.24) is 19.0 Å². The molecule has 144 valence electrons. The molecule has 0 aliphatic carbocycles. The number of hydrogen-bond donors (Lipinski definition) is 0. The van der Waals surface area contributed by atoms with Crippen molar-refractivity contribution in [2.24, 2.45) is 0 Å². The molecule has 0 N–H and O–H groups in total. The summed E-state index contributed by atoms with van der Waals surface area (Å²) < 4.78 is 27.3. The first-order valence-corrected chi connectivity index (χ1v) is 10.7. The first kappa shape index (κ1) is 19.3. The Labute approximate surface area is 156 Å². The second kappa shape index (κ2) is 8.04. The first-order chi connectivity index (χ1) is 12.4. The lowest BCUT2D eigenvalue weighted by Gasteiger charge is -2.34. The summed E-state index contributed by atoms with van der Waals surface area (Å²) in [6.07, 6.45) is 0. The van der Waals surface area contributed by atoms with Crippen molar-refractivity contribution in [2.45, 2.75) is 11.8 Å². The molecule has 0 spiro atoms. The van der Waals surface area contributed by atoms with E-state index in [1.165, 1.54) is 10.4 Å². The SMILES string of the molecule is CCN1CCN(C(=O)c2cccc(S(=O)(=O)N3CCN(C)CC3)c2)CC1. The van der Waals surface area contributed by atoms with E-state index in [1.54, 1.807) is 18.2 Å². The highest BCUT2D eigenvalue weighted by Crippen LogP contribution is 2.20. The second-order valence-corrected chi connectivity index (χ2v) is 8.90. The molecule has 2 heterocycles. The van der Waals surface area contributed by atoms with Gasteiger partial charge in [0.2, 0.25) is 10.0 Å². The number of piperazine rings is 2. The molecule has 0 atom stereocenters. The smallest absolute Gasteiger partial charge is 0.253 e. The quantitative estimate of drug-likeness (QED) is 0.757. The molecule has 1 amide bonds. The molecule has 1 aromatic carbocycles. The van der Waals surface area contributed by atoms with Gasteiger partial charge in [-0.2, -0.15) is 4.31 Å². The van der Waals surface area contributed by atoms with Gasteiger partial charge in [-0.15, -0.1) is 0 Å². The van der Waals surface area contributed by atoms with Gasteiger partial charge in [-0.25, -0.2) is 8.42 Å². The van der Waals surface area contributed by atoms with Crippen LogP contribution in [0.3, 0.4) is 0 Å². The summed E-state index contributed by atoms with van der Waals surface area (Å²) in [7, 11) is -1.57. The number of carbonyl (C=O) groups excluding carboxylic acids is 1. The van der Waals surface area contributed by atoms with Crippen LogP contribution in [0.25, 0.3) is 0 Å². The molecule has 7 nitrogen and oxygen atoms in total. The van der Waals surface area contributed by atoms with E-state index >= 15 is 0 Å². The highest BCUT2D eigenvalue weighted by Gasteiger charge is 2.28. The number of sulfonamides is 1. The summed E-state index contributed by atoms with van der Waals surface area (Å²) in [4.78, 5) is 19.2. The van der Waals surface area contributed by atoms with Gasteiger partial charge in [0.1, 0.15) is 0 Å². The molecule has 0 radical (unpaired) electrons. The van der Waals surface area contributed by atoms with Crippen LogP contribution >= 0.6 is 0 Å². The second-order valence-electron chi connectivity index (χ2n) is 6.96. The van der Waals surface area contributed by atoms with E-state index < -0.39 is 10.0 Å². The average Bonchev–Trinajstić information content (AvgIpc) is 2.68. The predicted octanol–water partition coefficient (Wildman–Crippen LogP) is 0.400. The fourth-order valence-corrected chi connectivity index (χ4v) is 4.89. The maximum Gasteiger partial charge on any atom is 0.253 e. The Morgan fingerprint density at radius 2 is 1.65 bits per heavy atom. The van der Waals surface area contributed by atoms with Crippen LogP contribution in [0.2, 0.25) is 0 Å². The molecule has 0 unspecified atom stereocenters. The number of amides is 1. The maximum absolute atomic E-state index is 12.9. The van der Waals surface area contributed by atoms with Crippen molar-refractivity contribution < 1.29 is 13.2 Å². The molecular weight excluding hydrogens is 352 g/mol. The molecule has 26 heavy (non-hydrogen) atoms. The Hall–Kier alpha value is -1.48. The van der Waals surface area contributed by atoms with E-state index in [1.807, 2.05) is 11.9 Å². The van der Waals surface area contributed by atoms with Crippen LogP contribution in [0.15, 0.2) is 29.2 Å². The highest BCUT2D eigenvalue weighted by molar-refractivity contribution is 7.89. The number of nitrogens with zero attached hydrogens (tertiary/aromatic N) is 4. The summed E-state index contributed by atoms with van der Waals surface area (Å²) in [5.41, 5.74) is 0.449. The summed E-state index contributed by atoms with van der Waals surface area (Å²) in [5, 5.41) is 0. The Kier molecular flexibility index (Phi) is 5.96. The zero-order valence-electron chi connectivity index (χ0n) is 15.6. The predicted molar refractivity (Wildman–Crippen MR) is 101 cm³/mol. The molecule has 3 rings (SSSR count). The van der Waals surface area contributed by atoms with Gasteiger partial charge in [0.15, 0.2) is 0 Å². The minimum Gasteiger partial charge on any atom is -0.336 e.